The van der Waals surface area contributed by atoms with Crippen LogP contribution in [-0.4, -0.2) is 31.8 Å². The highest BCUT2D eigenvalue weighted by Crippen LogP contribution is 2.21. The maximum Gasteiger partial charge on any atom is 0.359 e. The molecule has 4 aromatic rings. The lowest BCUT2D eigenvalue weighted by molar-refractivity contribution is 0.0455. The van der Waals surface area contributed by atoms with Crippen molar-refractivity contribution in [3.63, 3.8) is 0 Å². The van der Waals surface area contributed by atoms with Gasteiger partial charge in [0.15, 0.2) is 17.5 Å². The van der Waals surface area contributed by atoms with Crippen molar-refractivity contribution in [3.05, 3.63) is 66.0 Å². The second-order valence-electron chi connectivity index (χ2n) is 5.50. The molecule has 0 amide bonds. The highest BCUT2D eigenvalue weighted by Gasteiger charge is 2.19. The minimum absolute atomic E-state index is 0.163. The van der Waals surface area contributed by atoms with Gasteiger partial charge in [0.1, 0.15) is 5.82 Å². The average molecular weight is 384 g/mol. The standard InChI is InChI=1S/C18H13FN4O3S/c1-27-18-21-15(13-4-2-3-9-23(13)18)17(24)25-10-14-20-16(26-22-14)11-5-7-12(19)8-6-11/h2-9H,10H2,1H3. The second kappa shape index (κ2) is 7.20. The number of rotatable bonds is 5. The number of ether oxygens (including phenoxy) is 1. The van der Waals surface area contributed by atoms with Gasteiger partial charge < -0.3 is 9.26 Å². The Morgan fingerprint density at radius 2 is 2.04 bits per heavy atom. The first kappa shape index (κ1) is 17.2. The normalized spacial score (nSPS) is 11.0. The van der Waals surface area contributed by atoms with Crippen molar-refractivity contribution >= 4 is 23.2 Å². The van der Waals surface area contributed by atoms with Crippen molar-refractivity contribution in [1.82, 2.24) is 19.5 Å². The van der Waals surface area contributed by atoms with E-state index in [0.29, 0.717) is 16.2 Å². The van der Waals surface area contributed by atoms with E-state index in [9.17, 15) is 9.18 Å². The molecule has 0 atom stereocenters. The van der Waals surface area contributed by atoms with Crippen molar-refractivity contribution in [2.75, 3.05) is 6.26 Å². The number of nitrogens with zero attached hydrogens (tertiary/aromatic N) is 4. The third-order valence-electron chi connectivity index (χ3n) is 3.78. The number of hydrogen-bond acceptors (Lipinski definition) is 7. The lowest BCUT2D eigenvalue weighted by Gasteiger charge is -1.99. The Morgan fingerprint density at radius 1 is 1.22 bits per heavy atom. The number of thioether (sulfide) groups is 1. The molecule has 3 heterocycles. The fourth-order valence-corrected chi connectivity index (χ4v) is 3.06. The molecule has 0 aliphatic carbocycles. The molecule has 0 fully saturated rings. The molecule has 0 aliphatic rings. The lowest BCUT2D eigenvalue weighted by Crippen LogP contribution is -2.07. The number of benzene rings is 1. The second-order valence-corrected chi connectivity index (χ2v) is 6.28. The Bertz CT molecular complexity index is 1110. The van der Waals surface area contributed by atoms with E-state index < -0.39 is 5.97 Å². The summed E-state index contributed by atoms with van der Waals surface area (Å²) in [6.45, 7) is -0.163. The molecule has 0 N–H and O–H groups in total. The van der Waals surface area contributed by atoms with Crippen LogP contribution in [0, 0.1) is 5.82 Å². The molecule has 136 valence electrons. The number of hydrogen-bond donors (Lipinski definition) is 0. The van der Waals surface area contributed by atoms with E-state index in [1.54, 1.807) is 6.07 Å². The smallest absolute Gasteiger partial charge is 0.359 e. The van der Waals surface area contributed by atoms with E-state index in [0.717, 1.165) is 0 Å². The van der Waals surface area contributed by atoms with Crippen molar-refractivity contribution < 1.29 is 18.4 Å². The summed E-state index contributed by atoms with van der Waals surface area (Å²) >= 11 is 1.43. The van der Waals surface area contributed by atoms with Crippen LogP contribution in [0.5, 0.6) is 0 Å². The van der Waals surface area contributed by atoms with Crippen LogP contribution in [0.3, 0.4) is 0 Å². The van der Waals surface area contributed by atoms with E-state index in [4.69, 9.17) is 9.26 Å². The number of esters is 1. The van der Waals surface area contributed by atoms with Crippen LogP contribution in [0.15, 0.2) is 58.3 Å². The summed E-state index contributed by atoms with van der Waals surface area (Å²) in [7, 11) is 0. The number of fused-ring (bicyclic) bond motifs is 1. The number of aromatic nitrogens is 4. The molecule has 0 bridgehead atoms. The minimum atomic E-state index is -0.577. The molecule has 0 spiro atoms. The number of halogens is 1. The van der Waals surface area contributed by atoms with Gasteiger partial charge in [0.2, 0.25) is 5.82 Å². The van der Waals surface area contributed by atoms with E-state index in [1.165, 1.54) is 36.0 Å². The predicted octanol–water partition coefficient (Wildman–Crippen LogP) is 3.60. The number of imidazole rings is 1. The van der Waals surface area contributed by atoms with Gasteiger partial charge in [-0.15, -0.1) is 0 Å². The molecule has 9 heteroatoms. The number of pyridine rings is 1. The van der Waals surface area contributed by atoms with Gasteiger partial charge in [0, 0.05) is 11.8 Å². The van der Waals surface area contributed by atoms with Gasteiger partial charge in [0.25, 0.3) is 5.89 Å². The minimum Gasteiger partial charge on any atom is -0.453 e. The summed E-state index contributed by atoms with van der Waals surface area (Å²) in [5, 5.41) is 4.47. The molecule has 0 radical (unpaired) electrons. The van der Waals surface area contributed by atoms with Crippen LogP contribution < -0.4 is 0 Å². The molecular weight excluding hydrogens is 371 g/mol. The van der Waals surface area contributed by atoms with E-state index >= 15 is 0 Å². The largest absolute Gasteiger partial charge is 0.453 e. The third kappa shape index (κ3) is 3.41. The molecule has 0 aliphatic heterocycles. The zero-order valence-electron chi connectivity index (χ0n) is 14.1. The first-order valence-electron chi connectivity index (χ1n) is 7.92. The molecule has 27 heavy (non-hydrogen) atoms. The molecule has 4 rings (SSSR count). The first-order valence-corrected chi connectivity index (χ1v) is 9.15. The SMILES string of the molecule is CSc1nc(C(=O)OCc2noc(-c3ccc(F)cc3)n2)c2ccccn12. The van der Waals surface area contributed by atoms with Crippen LogP contribution >= 0.6 is 11.8 Å². The first-order chi connectivity index (χ1) is 13.2. The summed E-state index contributed by atoms with van der Waals surface area (Å²) < 4.78 is 25.2. The quantitative estimate of drug-likeness (QED) is 0.384. The number of carbonyl (C=O) groups excluding carboxylic acids is 1. The zero-order valence-corrected chi connectivity index (χ0v) is 14.9. The van der Waals surface area contributed by atoms with Gasteiger partial charge in [-0.1, -0.05) is 23.0 Å². The van der Waals surface area contributed by atoms with Crippen LogP contribution in [0.2, 0.25) is 0 Å². The summed E-state index contributed by atoms with van der Waals surface area (Å²) in [5.41, 5.74) is 1.46. The summed E-state index contributed by atoms with van der Waals surface area (Å²) in [6, 6.07) is 11.1. The van der Waals surface area contributed by atoms with E-state index in [2.05, 4.69) is 15.1 Å². The van der Waals surface area contributed by atoms with Gasteiger partial charge in [-0.3, -0.25) is 4.40 Å². The van der Waals surface area contributed by atoms with E-state index in [1.807, 2.05) is 29.0 Å². The van der Waals surface area contributed by atoms with Crippen LogP contribution in [0.4, 0.5) is 4.39 Å². The molecule has 0 saturated heterocycles. The molecule has 0 unspecified atom stereocenters. The Hall–Kier alpha value is -3.20. The fourth-order valence-electron chi connectivity index (χ4n) is 2.52. The highest BCUT2D eigenvalue weighted by molar-refractivity contribution is 7.98. The van der Waals surface area contributed by atoms with Gasteiger partial charge >= 0.3 is 5.97 Å². The summed E-state index contributed by atoms with van der Waals surface area (Å²) in [6.07, 6.45) is 3.71. The molecule has 7 nitrogen and oxygen atoms in total. The predicted molar refractivity (Wildman–Crippen MR) is 95.8 cm³/mol. The molecule has 0 saturated carbocycles. The Balaban J connectivity index is 1.50. The maximum atomic E-state index is 13.0. The Kier molecular flexibility index (Phi) is 4.59. The lowest BCUT2D eigenvalue weighted by atomic mass is 10.2. The van der Waals surface area contributed by atoms with Gasteiger partial charge in [-0.25, -0.2) is 14.2 Å². The maximum absolute atomic E-state index is 13.0. The Morgan fingerprint density at radius 3 is 2.81 bits per heavy atom. The van der Waals surface area contributed by atoms with Crippen molar-refractivity contribution in [1.29, 1.82) is 0 Å². The Labute approximate surface area is 157 Å². The summed E-state index contributed by atoms with van der Waals surface area (Å²) in [4.78, 5) is 20.9. The molecule has 1 aromatic carbocycles. The molecule has 3 aromatic heterocycles. The van der Waals surface area contributed by atoms with E-state index in [-0.39, 0.29) is 29.8 Å². The van der Waals surface area contributed by atoms with Crippen molar-refractivity contribution in [3.8, 4) is 11.5 Å². The van der Waals surface area contributed by atoms with Crippen LogP contribution in [0.1, 0.15) is 16.3 Å². The van der Waals surface area contributed by atoms with Gasteiger partial charge in [-0.05, 0) is 42.7 Å². The molecular formula is C18H13FN4O3S. The average Bonchev–Trinajstić information content (AvgIpc) is 3.31. The van der Waals surface area contributed by atoms with Crippen molar-refractivity contribution in [2.45, 2.75) is 11.8 Å². The monoisotopic (exact) mass is 384 g/mol. The van der Waals surface area contributed by atoms with Gasteiger partial charge in [-0.2, -0.15) is 4.98 Å². The highest BCUT2D eigenvalue weighted by atomic mass is 32.2. The van der Waals surface area contributed by atoms with Crippen LogP contribution in [-0.2, 0) is 11.3 Å². The van der Waals surface area contributed by atoms with Gasteiger partial charge in [0.05, 0.1) is 5.52 Å². The zero-order chi connectivity index (χ0) is 18.8. The summed E-state index contributed by atoms with van der Waals surface area (Å²) in [5.74, 6) is -0.508. The van der Waals surface area contributed by atoms with Crippen molar-refractivity contribution in [2.24, 2.45) is 0 Å². The topological polar surface area (TPSA) is 82.5 Å². The van der Waals surface area contributed by atoms with Crippen LogP contribution in [0.25, 0.3) is 17.0 Å². The fraction of sp³-hybridized carbons (Fsp3) is 0.111. The number of carbonyl (C=O) groups is 1. The third-order valence-corrected chi connectivity index (χ3v) is 4.44.